The highest BCUT2D eigenvalue weighted by atomic mass is 35.5. The quantitative estimate of drug-likeness (QED) is 0.306. The molecule has 218 valence electrons. The molecule has 0 aliphatic carbocycles. The molecule has 0 bridgehead atoms. The molecule has 7 nitrogen and oxygen atoms in total. The lowest BCUT2D eigenvalue weighted by Crippen LogP contribution is -2.44. The Balaban J connectivity index is 2.11. The summed E-state index contributed by atoms with van der Waals surface area (Å²) in [4.78, 5) is 12.9. The molecule has 1 amide bonds. The first kappa shape index (κ1) is 32.0. The van der Waals surface area contributed by atoms with Gasteiger partial charge in [-0.25, -0.2) is 13.6 Å². The number of alkyl carbamates (subject to hydrolysis) is 1. The van der Waals surface area contributed by atoms with Crippen LogP contribution in [0.1, 0.15) is 64.5 Å². The maximum atomic E-state index is 15.6. The third-order valence-corrected chi connectivity index (χ3v) is 7.67. The van der Waals surface area contributed by atoms with Crippen LogP contribution in [-0.4, -0.2) is 46.8 Å². The molecule has 2 aromatic rings. The lowest BCUT2D eigenvalue weighted by atomic mass is 9.63. The van der Waals surface area contributed by atoms with Crippen molar-refractivity contribution in [3.8, 4) is 6.07 Å². The van der Waals surface area contributed by atoms with Gasteiger partial charge in [0, 0.05) is 23.2 Å². The highest BCUT2D eigenvalue weighted by Crippen LogP contribution is 2.52. The van der Waals surface area contributed by atoms with Crippen molar-refractivity contribution < 1.29 is 28.5 Å². The number of aliphatic hydroxyl groups is 2. The summed E-state index contributed by atoms with van der Waals surface area (Å²) >= 11 is 12.1. The van der Waals surface area contributed by atoms with Crippen molar-refractivity contribution in [3.63, 3.8) is 0 Å². The average molecular weight is 599 g/mol. The zero-order chi connectivity index (χ0) is 30.0. The van der Waals surface area contributed by atoms with E-state index in [0.717, 1.165) is 6.07 Å². The molecule has 0 spiro atoms. The van der Waals surface area contributed by atoms with Crippen LogP contribution in [-0.2, 0) is 10.2 Å². The van der Waals surface area contributed by atoms with E-state index in [2.05, 4.69) is 16.7 Å². The van der Waals surface area contributed by atoms with Gasteiger partial charge < -0.3 is 20.3 Å². The Morgan fingerprint density at radius 3 is 2.48 bits per heavy atom. The van der Waals surface area contributed by atoms with Crippen molar-refractivity contribution in [3.05, 3.63) is 69.2 Å². The fourth-order valence-electron chi connectivity index (χ4n) is 5.19. The molecule has 40 heavy (non-hydrogen) atoms. The topological polar surface area (TPSA) is 115 Å². The molecule has 1 heterocycles. The first-order chi connectivity index (χ1) is 18.5. The highest BCUT2D eigenvalue weighted by Gasteiger charge is 2.61. The van der Waals surface area contributed by atoms with Gasteiger partial charge in [0.05, 0.1) is 28.7 Å². The van der Waals surface area contributed by atoms with Gasteiger partial charge in [0.1, 0.15) is 17.0 Å². The first-order valence-electron chi connectivity index (χ1n) is 12.9. The largest absolute Gasteiger partial charge is 0.430 e. The molecule has 11 heteroatoms. The van der Waals surface area contributed by atoms with E-state index in [1.807, 2.05) is 20.8 Å². The molecule has 2 aromatic carbocycles. The monoisotopic (exact) mass is 597 g/mol. The van der Waals surface area contributed by atoms with E-state index in [1.54, 1.807) is 0 Å². The average Bonchev–Trinajstić information content (AvgIpc) is 3.11. The maximum Gasteiger partial charge on any atom is 0.408 e. The SMILES string of the molecule is CC(C)(C)C[C@@H]1N[C@H](OC(=O)NCC[C@H](O)C(C)(C)O)[C@H](c2cccc(Cl)c2F)[C@@]1(C#N)c1ccc(Cl)cc1F. The Bertz CT molecular complexity index is 1280. The Morgan fingerprint density at radius 2 is 1.90 bits per heavy atom. The molecule has 1 saturated heterocycles. The summed E-state index contributed by atoms with van der Waals surface area (Å²) in [5, 5.41) is 36.4. The Labute approximate surface area is 243 Å². The van der Waals surface area contributed by atoms with Crippen LogP contribution in [0.2, 0.25) is 10.0 Å². The molecule has 4 N–H and O–H groups in total. The van der Waals surface area contributed by atoms with Gasteiger partial charge >= 0.3 is 6.09 Å². The molecule has 0 aromatic heterocycles. The minimum absolute atomic E-state index is 0.0228. The zero-order valence-electron chi connectivity index (χ0n) is 23.1. The number of nitriles is 1. The third kappa shape index (κ3) is 6.87. The summed E-state index contributed by atoms with van der Waals surface area (Å²) in [6.07, 6.45) is -2.92. The van der Waals surface area contributed by atoms with Gasteiger partial charge in [-0.05, 0) is 55.9 Å². The maximum absolute atomic E-state index is 15.6. The number of hydrogen-bond acceptors (Lipinski definition) is 6. The summed E-state index contributed by atoms with van der Waals surface area (Å²) in [5.74, 6) is -2.79. The van der Waals surface area contributed by atoms with Crippen LogP contribution in [0.3, 0.4) is 0 Å². The van der Waals surface area contributed by atoms with Gasteiger partial charge in [-0.3, -0.25) is 5.32 Å². The van der Waals surface area contributed by atoms with Crippen LogP contribution in [0.15, 0.2) is 36.4 Å². The van der Waals surface area contributed by atoms with Gasteiger partial charge in [-0.15, -0.1) is 0 Å². The van der Waals surface area contributed by atoms with E-state index in [1.165, 1.54) is 44.2 Å². The van der Waals surface area contributed by atoms with Crippen LogP contribution >= 0.6 is 23.2 Å². The Hall–Kier alpha value is -2.48. The lowest BCUT2D eigenvalue weighted by Gasteiger charge is -2.37. The number of ether oxygens (including phenoxy) is 1. The normalized spacial score (nSPS) is 23.9. The summed E-state index contributed by atoms with van der Waals surface area (Å²) in [6.45, 7) is 8.68. The summed E-state index contributed by atoms with van der Waals surface area (Å²) in [6, 6.07) is 9.71. The van der Waals surface area contributed by atoms with E-state index in [-0.39, 0.29) is 39.6 Å². The molecule has 1 aliphatic rings. The number of hydrogen-bond donors (Lipinski definition) is 4. The summed E-state index contributed by atoms with van der Waals surface area (Å²) in [7, 11) is 0. The number of rotatable bonds is 8. The fraction of sp³-hybridized carbons (Fsp3) is 0.517. The van der Waals surface area contributed by atoms with Gasteiger partial charge in [-0.2, -0.15) is 5.26 Å². The van der Waals surface area contributed by atoms with E-state index in [4.69, 9.17) is 27.9 Å². The number of carbonyl (C=O) groups excluding carboxylic acids is 1. The Morgan fingerprint density at radius 1 is 1.23 bits per heavy atom. The second-order valence-corrected chi connectivity index (χ2v) is 12.8. The molecule has 3 rings (SSSR count). The van der Waals surface area contributed by atoms with Crippen molar-refractivity contribution in [2.45, 2.75) is 82.8 Å². The van der Waals surface area contributed by atoms with Gasteiger partial charge in [-0.1, -0.05) is 62.2 Å². The Kier molecular flexibility index (Phi) is 9.75. The predicted octanol–water partition coefficient (Wildman–Crippen LogP) is 5.80. The van der Waals surface area contributed by atoms with Crippen molar-refractivity contribution >= 4 is 29.3 Å². The van der Waals surface area contributed by atoms with E-state index in [9.17, 15) is 20.3 Å². The minimum Gasteiger partial charge on any atom is -0.430 e. The van der Waals surface area contributed by atoms with Gasteiger partial charge in [0.15, 0.2) is 6.23 Å². The van der Waals surface area contributed by atoms with Crippen LogP contribution in [0, 0.1) is 28.4 Å². The van der Waals surface area contributed by atoms with E-state index < -0.39 is 53.0 Å². The molecule has 5 atom stereocenters. The number of amides is 1. The standard InChI is InChI=1S/C29H35Cl2F2N3O4/c1-27(2,3)14-21-29(15-34,18-10-9-16(30)13-20(18)32)23(17-7-6-8-19(31)24(17)33)25(36-21)40-26(38)35-12-11-22(37)28(4,5)39/h6-10,13,21-23,25,36-37,39H,11-12,14H2,1-5H3,(H,35,38)/t21-,22-,23-,25+,29-/m0/s1. The molecule has 0 radical (unpaired) electrons. The second kappa shape index (κ2) is 12.2. The highest BCUT2D eigenvalue weighted by molar-refractivity contribution is 6.31. The van der Waals surface area contributed by atoms with Gasteiger partial charge in [0.25, 0.3) is 0 Å². The third-order valence-electron chi connectivity index (χ3n) is 7.14. The lowest BCUT2D eigenvalue weighted by molar-refractivity contribution is -0.0509. The number of nitrogens with zero attached hydrogens (tertiary/aromatic N) is 1. The van der Waals surface area contributed by atoms with Crippen molar-refractivity contribution in [2.75, 3.05) is 6.54 Å². The summed E-state index contributed by atoms with van der Waals surface area (Å²) < 4.78 is 36.9. The van der Waals surface area contributed by atoms with E-state index >= 15 is 8.78 Å². The number of halogens is 4. The van der Waals surface area contributed by atoms with Crippen molar-refractivity contribution in [1.29, 1.82) is 5.26 Å². The molecule has 1 fully saturated rings. The van der Waals surface area contributed by atoms with Crippen LogP contribution in [0.5, 0.6) is 0 Å². The second-order valence-electron chi connectivity index (χ2n) is 11.9. The van der Waals surface area contributed by atoms with Crippen LogP contribution < -0.4 is 10.6 Å². The first-order valence-corrected chi connectivity index (χ1v) is 13.7. The molecular formula is C29H35Cl2F2N3O4. The number of aliphatic hydroxyl groups excluding tert-OH is 1. The minimum atomic E-state index is -1.74. The molecule has 0 unspecified atom stereocenters. The molecular weight excluding hydrogens is 563 g/mol. The van der Waals surface area contributed by atoms with Gasteiger partial charge in [0.2, 0.25) is 0 Å². The zero-order valence-corrected chi connectivity index (χ0v) is 24.6. The van der Waals surface area contributed by atoms with Crippen LogP contribution in [0.4, 0.5) is 13.6 Å². The van der Waals surface area contributed by atoms with Crippen molar-refractivity contribution in [2.24, 2.45) is 5.41 Å². The van der Waals surface area contributed by atoms with Crippen molar-refractivity contribution in [1.82, 2.24) is 10.6 Å². The van der Waals surface area contributed by atoms with Crippen LogP contribution in [0.25, 0.3) is 0 Å². The number of nitrogens with one attached hydrogen (secondary N) is 2. The predicted molar refractivity (Wildman–Crippen MR) is 149 cm³/mol. The van der Waals surface area contributed by atoms with E-state index in [0.29, 0.717) is 6.42 Å². The summed E-state index contributed by atoms with van der Waals surface area (Å²) in [5.41, 5.74) is -3.53. The fourth-order valence-corrected chi connectivity index (χ4v) is 5.53. The smallest absolute Gasteiger partial charge is 0.408 e. The molecule has 1 aliphatic heterocycles. The molecule has 0 saturated carbocycles. The number of benzene rings is 2. The number of carbonyl (C=O) groups is 1.